The molecule has 0 atom stereocenters. The number of carbonyl (C=O) groups is 3. The Bertz CT molecular complexity index is 1530. The highest BCUT2D eigenvalue weighted by Crippen LogP contribution is 2.24. The van der Waals surface area contributed by atoms with Crippen LogP contribution < -0.4 is 16.0 Å². The van der Waals surface area contributed by atoms with E-state index in [1.165, 1.54) is 17.8 Å². The van der Waals surface area contributed by atoms with Crippen LogP contribution in [0.25, 0.3) is 6.08 Å². The first-order valence-electron chi connectivity index (χ1n) is 11.8. The van der Waals surface area contributed by atoms with Crippen LogP contribution in [0.1, 0.15) is 15.9 Å². The fourth-order valence-corrected chi connectivity index (χ4v) is 4.60. The molecule has 6 nitrogen and oxygen atoms in total. The normalized spacial score (nSPS) is 11.0. The molecule has 0 spiro atoms. The molecule has 0 aliphatic heterocycles. The number of hydrogen-bond donors (Lipinski definition) is 3. The molecule has 9 heteroatoms. The lowest BCUT2D eigenvalue weighted by atomic mass is 10.1. The molecule has 0 radical (unpaired) electrons. The van der Waals surface area contributed by atoms with E-state index in [1.807, 2.05) is 6.07 Å². The van der Waals surface area contributed by atoms with Crippen molar-refractivity contribution in [2.24, 2.45) is 0 Å². The Balaban J connectivity index is 1.46. The van der Waals surface area contributed by atoms with Crippen molar-refractivity contribution in [1.82, 2.24) is 5.32 Å². The van der Waals surface area contributed by atoms with E-state index in [-0.39, 0.29) is 17.4 Å². The molecule has 0 saturated carbocycles. The summed E-state index contributed by atoms with van der Waals surface area (Å²) in [5, 5.41) is 9.29. The average Bonchev–Trinajstić information content (AvgIpc) is 2.93. The Kier molecular flexibility index (Phi) is 9.80. The van der Waals surface area contributed by atoms with E-state index in [0.29, 0.717) is 32.5 Å². The van der Waals surface area contributed by atoms with E-state index < -0.39 is 11.8 Å². The quantitative estimate of drug-likeness (QED) is 0.146. The summed E-state index contributed by atoms with van der Waals surface area (Å²) >= 11 is 13.6. The number of carbonyl (C=O) groups excluding carboxylic acids is 3. The summed E-state index contributed by atoms with van der Waals surface area (Å²) in [4.78, 5) is 39.3. The van der Waals surface area contributed by atoms with E-state index in [0.717, 1.165) is 4.90 Å². The number of hydrogen-bond acceptors (Lipinski definition) is 4. The minimum absolute atomic E-state index is 0.0240. The first-order chi connectivity index (χ1) is 18.9. The third-order valence-electron chi connectivity index (χ3n) is 5.30. The molecule has 196 valence electrons. The summed E-state index contributed by atoms with van der Waals surface area (Å²) in [5.74, 6) is -0.987. The molecule has 0 unspecified atom stereocenters. The van der Waals surface area contributed by atoms with Gasteiger partial charge in [0.25, 0.3) is 11.8 Å². The van der Waals surface area contributed by atoms with Crippen molar-refractivity contribution >= 4 is 70.1 Å². The van der Waals surface area contributed by atoms with Crippen LogP contribution in [0.4, 0.5) is 11.4 Å². The molecule has 0 aliphatic rings. The van der Waals surface area contributed by atoms with Crippen LogP contribution in [0, 0.1) is 0 Å². The van der Waals surface area contributed by atoms with Gasteiger partial charge in [-0.15, -0.1) is 11.8 Å². The van der Waals surface area contributed by atoms with Gasteiger partial charge in [0.15, 0.2) is 0 Å². The standard InChI is InChI=1S/C30H23Cl2N3O3S/c31-22-11-6-12-23(17-22)33-28(36)19-39-25-14-7-13-24(18-25)34-30(38)27(16-21-10-4-5-15-26(21)32)35-29(37)20-8-2-1-3-9-20/h1-18H,19H2,(H,33,36)(H,34,38)(H,35,37)/b27-16+. The first kappa shape index (κ1) is 28.0. The predicted molar refractivity (Wildman–Crippen MR) is 159 cm³/mol. The van der Waals surface area contributed by atoms with Gasteiger partial charge in [-0.1, -0.05) is 71.7 Å². The third kappa shape index (κ3) is 8.48. The second-order valence-corrected chi connectivity index (χ2v) is 10.1. The third-order valence-corrected chi connectivity index (χ3v) is 6.88. The smallest absolute Gasteiger partial charge is 0.272 e. The van der Waals surface area contributed by atoms with Gasteiger partial charge in [-0.25, -0.2) is 0 Å². The lowest BCUT2D eigenvalue weighted by Crippen LogP contribution is -2.30. The minimum atomic E-state index is -0.528. The SMILES string of the molecule is O=C(CSc1cccc(NC(=O)/C(=C\c2ccccc2Cl)NC(=O)c2ccccc2)c1)Nc1cccc(Cl)c1. The van der Waals surface area contributed by atoms with E-state index in [9.17, 15) is 14.4 Å². The summed E-state index contributed by atoms with van der Waals surface area (Å²) in [5.41, 5.74) is 2.12. The number of anilines is 2. The number of rotatable bonds is 9. The molecular formula is C30H23Cl2N3O3S. The molecule has 0 fully saturated rings. The average molecular weight is 577 g/mol. The summed E-state index contributed by atoms with van der Waals surface area (Å²) in [6.45, 7) is 0. The van der Waals surface area contributed by atoms with Crippen LogP contribution >= 0.6 is 35.0 Å². The highest BCUT2D eigenvalue weighted by atomic mass is 35.5. The Labute approximate surface area is 240 Å². The number of halogens is 2. The maximum Gasteiger partial charge on any atom is 0.272 e. The van der Waals surface area contributed by atoms with Gasteiger partial charge in [-0.3, -0.25) is 14.4 Å². The number of benzene rings is 4. The van der Waals surface area contributed by atoms with Gasteiger partial charge in [0.1, 0.15) is 5.70 Å². The van der Waals surface area contributed by atoms with Crippen molar-refractivity contribution in [1.29, 1.82) is 0 Å². The summed E-state index contributed by atoms with van der Waals surface area (Å²) in [6, 6.07) is 29.6. The largest absolute Gasteiger partial charge is 0.325 e. The zero-order chi connectivity index (χ0) is 27.6. The highest BCUT2D eigenvalue weighted by Gasteiger charge is 2.16. The van der Waals surface area contributed by atoms with Gasteiger partial charge in [-0.05, 0) is 66.2 Å². The molecule has 0 aliphatic carbocycles. The Morgan fingerprint density at radius 3 is 2.18 bits per heavy atom. The van der Waals surface area contributed by atoms with Gasteiger partial charge < -0.3 is 16.0 Å². The van der Waals surface area contributed by atoms with Crippen molar-refractivity contribution in [3.05, 3.63) is 130 Å². The lowest BCUT2D eigenvalue weighted by molar-refractivity contribution is -0.114. The second-order valence-electron chi connectivity index (χ2n) is 8.23. The summed E-state index contributed by atoms with van der Waals surface area (Å²) in [6.07, 6.45) is 1.53. The molecule has 4 rings (SSSR count). The number of thioether (sulfide) groups is 1. The molecule has 39 heavy (non-hydrogen) atoms. The highest BCUT2D eigenvalue weighted by molar-refractivity contribution is 8.00. The zero-order valence-electron chi connectivity index (χ0n) is 20.5. The number of nitrogens with one attached hydrogen (secondary N) is 3. The van der Waals surface area contributed by atoms with Crippen LogP contribution in [0.2, 0.25) is 10.0 Å². The Morgan fingerprint density at radius 2 is 1.44 bits per heavy atom. The second kappa shape index (κ2) is 13.7. The van der Waals surface area contributed by atoms with Crippen LogP contribution in [-0.4, -0.2) is 23.5 Å². The van der Waals surface area contributed by atoms with Crippen molar-refractivity contribution in [2.45, 2.75) is 4.90 Å². The van der Waals surface area contributed by atoms with Gasteiger partial charge in [-0.2, -0.15) is 0 Å². The molecule has 4 aromatic carbocycles. The van der Waals surface area contributed by atoms with E-state index in [4.69, 9.17) is 23.2 Å². The van der Waals surface area contributed by atoms with Crippen molar-refractivity contribution in [3.8, 4) is 0 Å². The van der Waals surface area contributed by atoms with Gasteiger partial charge in [0.05, 0.1) is 5.75 Å². The summed E-state index contributed by atoms with van der Waals surface area (Å²) in [7, 11) is 0. The molecule has 4 aromatic rings. The van der Waals surface area contributed by atoms with Crippen molar-refractivity contribution in [3.63, 3.8) is 0 Å². The fraction of sp³-hybridized carbons (Fsp3) is 0.0333. The van der Waals surface area contributed by atoms with Crippen molar-refractivity contribution in [2.75, 3.05) is 16.4 Å². The first-order valence-corrected chi connectivity index (χ1v) is 13.5. The Hall–Kier alpha value is -4.04. The molecule has 0 aromatic heterocycles. The maximum atomic E-state index is 13.3. The van der Waals surface area contributed by atoms with Gasteiger partial charge >= 0.3 is 0 Å². The molecule has 3 amide bonds. The van der Waals surface area contributed by atoms with Crippen LogP contribution in [0.3, 0.4) is 0 Å². The number of amides is 3. The van der Waals surface area contributed by atoms with Crippen LogP contribution in [0.5, 0.6) is 0 Å². The van der Waals surface area contributed by atoms with Crippen molar-refractivity contribution < 1.29 is 14.4 Å². The monoisotopic (exact) mass is 575 g/mol. The maximum absolute atomic E-state index is 13.3. The lowest BCUT2D eigenvalue weighted by Gasteiger charge is -2.12. The van der Waals surface area contributed by atoms with Crippen LogP contribution in [-0.2, 0) is 9.59 Å². The molecular weight excluding hydrogens is 553 g/mol. The molecule has 0 bridgehead atoms. The molecule has 0 saturated heterocycles. The zero-order valence-corrected chi connectivity index (χ0v) is 22.8. The molecule has 0 heterocycles. The Morgan fingerprint density at radius 1 is 0.744 bits per heavy atom. The van der Waals surface area contributed by atoms with E-state index in [2.05, 4.69) is 16.0 Å². The van der Waals surface area contributed by atoms with Crippen LogP contribution in [0.15, 0.2) is 114 Å². The topological polar surface area (TPSA) is 87.3 Å². The predicted octanol–water partition coefficient (Wildman–Crippen LogP) is 7.13. The summed E-state index contributed by atoms with van der Waals surface area (Å²) < 4.78 is 0. The van der Waals surface area contributed by atoms with Gasteiger partial charge in [0.2, 0.25) is 5.91 Å². The van der Waals surface area contributed by atoms with E-state index >= 15 is 0 Å². The fourth-order valence-electron chi connectivity index (χ4n) is 3.46. The van der Waals surface area contributed by atoms with E-state index in [1.54, 1.807) is 97.1 Å². The van der Waals surface area contributed by atoms with Gasteiger partial charge in [0, 0.05) is 31.9 Å². The minimum Gasteiger partial charge on any atom is -0.325 e. The molecule has 3 N–H and O–H groups in total.